The summed E-state index contributed by atoms with van der Waals surface area (Å²) >= 11 is 7.87. The van der Waals surface area contributed by atoms with E-state index < -0.39 is 0 Å². The Morgan fingerprint density at radius 3 is 2.61 bits per heavy atom. The normalized spacial score (nSPS) is 12.5. The molecule has 3 aromatic rings. The number of carbonyl (C=O) groups is 1. The molecule has 4 rings (SSSR count). The molecule has 0 fully saturated rings. The van der Waals surface area contributed by atoms with Gasteiger partial charge in [-0.05, 0) is 73.2 Å². The highest BCUT2D eigenvalue weighted by atomic mass is 35.5. The van der Waals surface area contributed by atoms with Crippen LogP contribution in [-0.2, 0) is 6.42 Å². The number of halogens is 1. The van der Waals surface area contributed by atoms with Crippen molar-refractivity contribution in [3.8, 4) is 0 Å². The molecule has 0 heterocycles. The number of aryl methyl sites for hydroxylation is 1. The maximum atomic E-state index is 12.7. The van der Waals surface area contributed by atoms with E-state index in [2.05, 4.69) is 47.7 Å². The number of anilines is 2. The number of hydrogen-bond acceptors (Lipinski definition) is 4. The van der Waals surface area contributed by atoms with Crippen LogP contribution in [0.5, 0.6) is 0 Å². The van der Waals surface area contributed by atoms with Crippen molar-refractivity contribution in [1.82, 2.24) is 0 Å². The fourth-order valence-corrected chi connectivity index (χ4v) is 4.28. The van der Waals surface area contributed by atoms with Crippen molar-refractivity contribution in [3.05, 3.63) is 94.5 Å². The molecule has 0 saturated heterocycles. The van der Waals surface area contributed by atoms with E-state index >= 15 is 0 Å². The molecule has 31 heavy (non-hydrogen) atoms. The van der Waals surface area contributed by atoms with E-state index in [-0.39, 0.29) is 5.91 Å². The number of nitrogens with zero attached hydrogens (tertiary/aromatic N) is 2. The van der Waals surface area contributed by atoms with Gasteiger partial charge in [0.15, 0.2) is 0 Å². The Labute approximate surface area is 191 Å². The summed E-state index contributed by atoms with van der Waals surface area (Å²) in [6, 6.07) is 21.2. The molecular formula is C25H22ClN3OS. The molecule has 0 bridgehead atoms. The fraction of sp³-hybridized carbons (Fsp3) is 0.120. The second-order valence-electron chi connectivity index (χ2n) is 7.09. The molecule has 156 valence electrons. The highest BCUT2D eigenvalue weighted by Gasteiger charge is 2.20. The molecule has 0 aromatic heterocycles. The van der Waals surface area contributed by atoms with Crippen LogP contribution in [-0.4, -0.2) is 18.9 Å². The Bertz CT molecular complexity index is 1160. The molecule has 0 atom stereocenters. The topological polar surface area (TPSA) is 44.7 Å². The highest BCUT2D eigenvalue weighted by Crippen LogP contribution is 2.35. The Morgan fingerprint density at radius 1 is 1.13 bits per heavy atom. The fourth-order valence-electron chi connectivity index (χ4n) is 3.65. The van der Waals surface area contributed by atoms with Crippen molar-refractivity contribution in [2.24, 2.45) is 5.10 Å². The minimum atomic E-state index is -0.238. The van der Waals surface area contributed by atoms with Gasteiger partial charge in [-0.1, -0.05) is 35.9 Å². The van der Waals surface area contributed by atoms with Crippen LogP contribution in [0, 0.1) is 0 Å². The molecule has 0 spiro atoms. The smallest absolute Gasteiger partial charge is 0.257 e. The Morgan fingerprint density at radius 2 is 1.90 bits per heavy atom. The van der Waals surface area contributed by atoms with Crippen molar-refractivity contribution >= 4 is 53.1 Å². The predicted molar refractivity (Wildman–Crippen MR) is 132 cm³/mol. The molecule has 4 nitrogen and oxygen atoms in total. The second-order valence-corrected chi connectivity index (χ2v) is 8.37. The first-order valence-corrected chi connectivity index (χ1v) is 11.5. The molecular weight excluding hydrogens is 426 g/mol. The van der Waals surface area contributed by atoms with Crippen molar-refractivity contribution < 1.29 is 4.79 Å². The molecule has 1 N–H and O–H groups in total. The van der Waals surface area contributed by atoms with E-state index in [1.807, 2.05) is 29.3 Å². The number of thioether (sulfide) groups is 1. The summed E-state index contributed by atoms with van der Waals surface area (Å²) in [6.45, 7) is 3.79. The Kier molecular flexibility index (Phi) is 6.44. The van der Waals surface area contributed by atoms with Gasteiger partial charge in [-0.15, -0.1) is 11.8 Å². The lowest BCUT2D eigenvalue weighted by molar-refractivity contribution is 0.102. The number of benzene rings is 3. The lowest BCUT2D eigenvalue weighted by Crippen LogP contribution is -2.18. The second kappa shape index (κ2) is 9.41. The molecule has 1 amide bonds. The third-order valence-electron chi connectivity index (χ3n) is 5.20. The third-order valence-corrected chi connectivity index (χ3v) is 6.27. The van der Waals surface area contributed by atoms with Crippen molar-refractivity contribution in [2.75, 3.05) is 16.6 Å². The average Bonchev–Trinajstić information content (AvgIpc) is 2.80. The number of hydrazone groups is 1. The lowest BCUT2D eigenvalue weighted by atomic mass is 9.93. The number of amides is 1. The molecule has 1 aliphatic rings. The minimum absolute atomic E-state index is 0.238. The van der Waals surface area contributed by atoms with Crippen molar-refractivity contribution in [2.45, 2.75) is 17.7 Å². The van der Waals surface area contributed by atoms with Gasteiger partial charge in [0.1, 0.15) is 0 Å². The summed E-state index contributed by atoms with van der Waals surface area (Å²) in [5.41, 5.74) is 5.30. The van der Waals surface area contributed by atoms with Gasteiger partial charge in [0.25, 0.3) is 5.91 Å². The SMILES string of the molecule is C=NN(C1=CCCc2ccc(NC(=O)c3ccccc3Cl)cc21)c1ccc(SC)cc1. The molecule has 0 radical (unpaired) electrons. The number of allylic oxidation sites excluding steroid dienone is 1. The number of carbonyl (C=O) groups excluding carboxylic acids is 1. The van der Waals surface area contributed by atoms with E-state index in [9.17, 15) is 4.79 Å². The zero-order chi connectivity index (χ0) is 21.8. The Balaban J connectivity index is 1.65. The maximum Gasteiger partial charge on any atom is 0.257 e. The van der Waals surface area contributed by atoms with E-state index in [1.54, 1.807) is 36.0 Å². The van der Waals surface area contributed by atoms with Gasteiger partial charge >= 0.3 is 0 Å². The van der Waals surface area contributed by atoms with Crippen LogP contribution in [0.25, 0.3) is 5.70 Å². The molecule has 0 unspecified atom stereocenters. The minimum Gasteiger partial charge on any atom is -0.322 e. The van der Waals surface area contributed by atoms with Gasteiger partial charge in [0, 0.05) is 22.9 Å². The first-order chi connectivity index (χ1) is 15.1. The standard InChI is InChI=1S/C25H22ClN3OS/c1-27-29(19-12-14-20(31-2)15-13-19)24-9-5-6-17-10-11-18(16-22(17)24)28-25(30)21-7-3-4-8-23(21)26/h3-4,7-16H,1,5-6H2,2H3,(H,28,30). The van der Waals surface area contributed by atoms with Gasteiger partial charge in [0.2, 0.25) is 0 Å². The Hall–Kier alpha value is -3.02. The zero-order valence-corrected chi connectivity index (χ0v) is 18.7. The van der Waals surface area contributed by atoms with E-state index in [4.69, 9.17) is 11.6 Å². The molecule has 0 saturated carbocycles. The van der Waals surface area contributed by atoms with Gasteiger partial charge in [-0.25, -0.2) is 5.01 Å². The predicted octanol–water partition coefficient (Wildman–Crippen LogP) is 6.72. The number of nitrogens with one attached hydrogen (secondary N) is 1. The summed E-state index contributed by atoms with van der Waals surface area (Å²) in [7, 11) is 0. The van der Waals surface area contributed by atoms with Gasteiger partial charge < -0.3 is 5.32 Å². The molecule has 6 heteroatoms. The van der Waals surface area contributed by atoms with Crippen LogP contribution in [0.3, 0.4) is 0 Å². The third kappa shape index (κ3) is 4.53. The zero-order valence-electron chi connectivity index (χ0n) is 17.1. The average molecular weight is 448 g/mol. The monoisotopic (exact) mass is 447 g/mol. The van der Waals surface area contributed by atoms with Crippen LogP contribution >= 0.6 is 23.4 Å². The summed E-state index contributed by atoms with van der Waals surface area (Å²) in [5.74, 6) is -0.238. The summed E-state index contributed by atoms with van der Waals surface area (Å²) in [5, 5.41) is 9.53. The van der Waals surface area contributed by atoms with Gasteiger partial charge in [-0.3, -0.25) is 4.79 Å². The first-order valence-electron chi connectivity index (χ1n) is 9.91. The van der Waals surface area contributed by atoms with Crippen LogP contribution in [0.15, 0.2) is 82.8 Å². The summed E-state index contributed by atoms with van der Waals surface area (Å²) in [6.07, 6.45) is 6.08. The summed E-state index contributed by atoms with van der Waals surface area (Å²) in [4.78, 5) is 13.9. The van der Waals surface area contributed by atoms with E-state index in [0.717, 1.165) is 29.8 Å². The first kappa shape index (κ1) is 21.2. The largest absolute Gasteiger partial charge is 0.322 e. The number of fused-ring (bicyclic) bond motifs is 1. The lowest BCUT2D eigenvalue weighted by Gasteiger charge is -2.27. The van der Waals surface area contributed by atoms with E-state index in [0.29, 0.717) is 16.3 Å². The van der Waals surface area contributed by atoms with Gasteiger partial charge in [-0.2, -0.15) is 5.10 Å². The quantitative estimate of drug-likeness (QED) is 0.259. The molecule has 3 aromatic carbocycles. The van der Waals surface area contributed by atoms with Crippen LogP contribution < -0.4 is 10.3 Å². The van der Waals surface area contributed by atoms with Crippen LogP contribution in [0.4, 0.5) is 11.4 Å². The highest BCUT2D eigenvalue weighted by molar-refractivity contribution is 7.98. The van der Waals surface area contributed by atoms with Crippen molar-refractivity contribution in [1.29, 1.82) is 0 Å². The molecule has 1 aliphatic carbocycles. The van der Waals surface area contributed by atoms with E-state index in [1.165, 1.54) is 10.5 Å². The number of hydrogen-bond donors (Lipinski definition) is 1. The van der Waals surface area contributed by atoms with Crippen LogP contribution in [0.1, 0.15) is 27.9 Å². The summed E-state index contributed by atoms with van der Waals surface area (Å²) < 4.78 is 0. The maximum absolute atomic E-state index is 12.7. The molecule has 0 aliphatic heterocycles. The van der Waals surface area contributed by atoms with Gasteiger partial charge in [0.05, 0.1) is 22.0 Å². The van der Waals surface area contributed by atoms with Crippen LogP contribution in [0.2, 0.25) is 5.02 Å². The van der Waals surface area contributed by atoms with Crippen molar-refractivity contribution in [3.63, 3.8) is 0 Å². The number of rotatable bonds is 6.